The van der Waals surface area contributed by atoms with Crippen LogP contribution in [0.25, 0.3) is 21.5 Å². The maximum Gasteiger partial charge on any atom is 0.175 e. The maximum absolute atomic E-state index is 11.7. The molecule has 0 amide bonds. The summed E-state index contributed by atoms with van der Waals surface area (Å²) in [6.07, 6.45) is 4.42. The van der Waals surface area contributed by atoms with Gasteiger partial charge in [-0.3, -0.25) is 0 Å². The molecule has 0 bridgehead atoms. The molecule has 0 radical (unpaired) electrons. The van der Waals surface area contributed by atoms with Crippen molar-refractivity contribution in [2.24, 2.45) is 0 Å². The fraction of sp³-hybridized carbons (Fsp3) is 0.200. The first-order valence-corrected chi connectivity index (χ1v) is 11.6. The Kier molecular flexibility index (Phi) is 4.02. The monoisotopic (exact) mass is 386 g/mol. The van der Waals surface area contributed by atoms with Gasteiger partial charge in [0, 0.05) is 6.26 Å². The third-order valence-electron chi connectivity index (χ3n) is 6.12. The summed E-state index contributed by atoms with van der Waals surface area (Å²) in [6, 6.07) is 25.1. The normalized spacial score (nSPS) is 17.0. The first-order chi connectivity index (χ1) is 13.5. The van der Waals surface area contributed by atoms with Crippen LogP contribution in [0, 0.1) is 0 Å². The molecule has 0 saturated heterocycles. The van der Waals surface area contributed by atoms with E-state index in [0.717, 1.165) is 19.3 Å². The number of sulfone groups is 1. The molecule has 0 spiro atoms. The summed E-state index contributed by atoms with van der Waals surface area (Å²) in [5, 5.41) is 5.32. The first-order valence-electron chi connectivity index (χ1n) is 9.73. The second-order valence-corrected chi connectivity index (χ2v) is 9.88. The van der Waals surface area contributed by atoms with Gasteiger partial charge < -0.3 is 0 Å². The van der Waals surface area contributed by atoms with E-state index in [2.05, 4.69) is 48.5 Å². The Morgan fingerprint density at radius 2 is 1.54 bits per heavy atom. The van der Waals surface area contributed by atoms with Crippen LogP contribution in [-0.4, -0.2) is 14.7 Å². The van der Waals surface area contributed by atoms with E-state index >= 15 is 0 Å². The minimum atomic E-state index is -3.14. The van der Waals surface area contributed by atoms with E-state index < -0.39 is 9.84 Å². The molecule has 4 aromatic carbocycles. The summed E-state index contributed by atoms with van der Waals surface area (Å²) < 4.78 is 23.4. The third kappa shape index (κ3) is 2.91. The molecule has 1 aliphatic rings. The molecular formula is C25H22O2S. The van der Waals surface area contributed by atoms with Crippen molar-refractivity contribution in [3.05, 3.63) is 89.5 Å². The van der Waals surface area contributed by atoms with E-state index in [1.807, 2.05) is 12.1 Å². The summed E-state index contributed by atoms with van der Waals surface area (Å²) in [5.74, 6) is 0.444. The standard InChI is InChI=1S/C25H22O2S/c1-28(26,27)21-11-6-17(7-12-21)19-9-13-23-20(16-19)10-15-24-22-5-3-2-4-18(22)8-14-25(23)24/h2-8,10-12,14-15,19H,9,13,16H2,1H3. The fourth-order valence-electron chi connectivity index (χ4n) is 4.64. The lowest BCUT2D eigenvalue weighted by molar-refractivity contribution is 0.586. The Morgan fingerprint density at radius 3 is 2.32 bits per heavy atom. The number of hydrogen-bond donors (Lipinski definition) is 0. The number of fused-ring (bicyclic) bond motifs is 5. The topological polar surface area (TPSA) is 34.1 Å². The van der Waals surface area contributed by atoms with Gasteiger partial charge >= 0.3 is 0 Å². The molecule has 4 aromatic rings. The third-order valence-corrected chi connectivity index (χ3v) is 7.25. The Bertz CT molecular complexity index is 1300. The number of rotatable bonds is 2. The molecule has 1 atom stereocenters. The van der Waals surface area contributed by atoms with E-state index in [-0.39, 0.29) is 0 Å². The SMILES string of the molecule is CS(=O)(=O)c1ccc(C2CCc3c(ccc4c3ccc3ccccc34)C2)cc1. The minimum Gasteiger partial charge on any atom is -0.224 e. The van der Waals surface area contributed by atoms with Gasteiger partial charge in [-0.05, 0) is 75.5 Å². The van der Waals surface area contributed by atoms with Crippen molar-refractivity contribution < 1.29 is 8.42 Å². The Balaban J connectivity index is 1.52. The summed E-state index contributed by atoms with van der Waals surface area (Å²) in [5.41, 5.74) is 4.13. The van der Waals surface area contributed by atoms with Crippen LogP contribution in [0.4, 0.5) is 0 Å². The van der Waals surface area contributed by atoms with Crippen molar-refractivity contribution in [1.82, 2.24) is 0 Å². The van der Waals surface area contributed by atoms with E-state index in [1.54, 1.807) is 12.1 Å². The Labute approximate surface area is 165 Å². The molecule has 0 heterocycles. The van der Waals surface area contributed by atoms with Crippen molar-refractivity contribution in [2.45, 2.75) is 30.1 Å². The molecule has 1 aliphatic carbocycles. The minimum absolute atomic E-state index is 0.394. The maximum atomic E-state index is 11.7. The molecule has 28 heavy (non-hydrogen) atoms. The van der Waals surface area contributed by atoms with Gasteiger partial charge in [-0.25, -0.2) is 8.42 Å². The lowest BCUT2D eigenvalue weighted by atomic mass is 9.78. The highest BCUT2D eigenvalue weighted by Crippen LogP contribution is 2.38. The van der Waals surface area contributed by atoms with Crippen molar-refractivity contribution in [3.63, 3.8) is 0 Å². The molecule has 140 valence electrons. The molecule has 3 heteroatoms. The lowest BCUT2D eigenvalue weighted by Crippen LogP contribution is -2.13. The molecule has 1 unspecified atom stereocenters. The molecule has 0 aromatic heterocycles. The molecule has 0 N–H and O–H groups in total. The first kappa shape index (κ1) is 17.4. The van der Waals surface area contributed by atoms with Crippen molar-refractivity contribution in [2.75, 3.05) is 6.26 Å². The van der Waals surface area contributed by atoms with Crippen LogP contribution < -0.4 is 0 Å². The Morgan fingerprint density at radius 1 is 0.786 bits per heavy atom. The van der Waals surface area contributed by atoms with Gasteiger partial charge in [0.25, 0.3) is 0 Å². The molecule has 2 nitrogen and oxygen atoms in total. The summed E-state index contributed by atoms with van der Waals surface area (Å²) in [4.78, 5) is 0.394. The highest BCUT2D eigenvalue weighted by atomic mass is 32.2. The van der Waals surface area contributed by atoms with Gasteiger partial charge in [0.1, 0.15) is 0 Å². The average molecular weight is 387 g/mol. The average Bonchev–Trinajstić information content (AvgIpc) is 2.72. The van der Waals surface area contributed by atoms with E-state index in [9.17, 15) is 8.42 Å². The molecule has 0 fully saturated rings. The smallest absolute Gasteiger partial charge is 0.175 e. The Hall–Kier alpha value is -2.65. The van der Waals surface area contributed by atoms with Gasteiger partial charge in [-0.1, -0.05) is 60.7 Å². The van der Waals surface area contributed by atoms with Crippen molar-refractivity contribution in [1.29, 1.82) is 0 Å². The van der Waals surface area contributed by atoms with E-state index in [1.165, 1.54) is 44.5 Å². The zero-order chi connectivity index (χ0) is 19.3. The van der Waals surface area contributed by atoms with Crippen molar-refractivity contribution >= 4 is 31.4 Å². The summed E-state index contributed by atoms with van der Waals surface area (Å²) in [7, 11) is -3.14. The number of benzene rings is 4. The van der Waals surface area contributed by atoms with Crippen LogP contribution in [-0.2, 0) is 22.7 Å². The summed E-state index contributed by atoms with van der Waals surface area (Å²) in [6.45, 7) is 0. The van der Waals surface area contributed by atoms with Crippen LogP contribution in [0.15, 0.2) is 77.7 Å². The van der Waals surface area contributed by atoms with E-state index in [4.69, 9.17) is 0 Å². The van der Waals surface area contributed by atoms with Gasteiger partial charge in [-0.2, -0.15) is 0 Å². The van der Waals surface area contributed by atoms with Gasteiger partial charge in [-0.15, -0.1) is 0 Å². The predicted molar refractivity (Wildman–Crippen MR) is 116 cm³/mol. The zero-order valence-electron chi connectivity index (χ0n) is 15.9. The number of hydrogen-bond acceptors (Lipinski definition) is 2. The summed E-state index contributed by atoms with van der Waals surface area (Å²) >= 11 is 0. The molecular weight excluding hydrogens is 364 g/mol. The van der Waals surface area contributed by atoms with Crippen LogP contribution in [0.5, 0.6) is 0 Å². The van der Waals surface area contributed by atoms with Crippen LogP contribution in [0.2, 0.25) is 0 Å². The second-order valence-electron chi connectivity index (χ2n) is 7.87. The molecule has 0 aliphatic heterocycles. The van der Waals surface area contributed by atoms with Gasteiger partial charge in [0.05, 0.1) is 4.90 Å². The van der Waals surface area contributed by atoms with E-state index in [0.29, 0.717) is 10.8 Å². The van der Waals surface area contributed by atoms with Crippen molar-refractivity contribution in [3.8, 4) is 0 Å². The van der Waals surface area contributed by atoms with Gasteiger partial charge in [0.15, 0.2) is 9.84 Å². The molecule has 0 saturated carbocycles. The second kappa shape index (κ2) is 6.46. The highest BCUT2D eigenvalue weighted by molar-refractivity contribution is 7.90. The number of aryl methyl sites for hydroxylation is 1. The quantitative estimate of drug-likeness (QED) is 0.416. The lowest BCUT2D eigenvalue weighted by Gasteiger charge is -2.26. The molecule has 5 rings (SSSR count). The fourth-order valence-corrected chi connectivity index (χ4v) is 5.27. The van der Waals surface area contributed by atoms with Gasteiger partial charge in [0.2, 0.25) is 0 Å². The van der Waals surface area contributed by atoms with Crippen LogP contribution in [0.1, 0.15) is 29.0 Å². The highest BCUT2D eigenvalue weighted by Gasteiger charge is 2.22. The largest absolute Gasteiger partial charge is 0.224 e. The van der Waals surface area contributed by atoms with Crippen LogP contribution in [0.3, 0.4) is 0 Å². The predicted octanol–water partition coefficient (Wildman–Crippen LogP) is 5.67. The van der Waals surface area contributed by atoms with Crippen LogP contribution >= 0.6 is 0 Å². The zero-order valence-corrected chi connectivity index (χ0v) is 16.7.